The van der Waals surface area contributed by atoms with Gasteiger partial charge >= 0.3 is 0 Å². The lowest BCUT2D eigenvalue weighted by atomic mass is 9.89. The summed E-state index contributed by atoms with van der Waals surface area (Å²) >= 11 is 0. The first-order valence-electron chi connectivity index (χ1n) is 6.14. The monoisotopic (exact) mass is 225 g/mol. The van der Waals surface area contributed by atoms with Gasteiger partial charge in [0.2, 0.25) is 0 Å². The Morgan fingerprint density at radius 2 is 2.35 bits per heavy atom. The normalized spacial score (nSPS) is 27.1. The van der Waals surface area contributed by atoms with E-state index in [4.69, 9.17) is 5.26 Å². The second-order valence-corrected chi connectivity index (χ2v) is 4.89. The highest BCUT2D eigenvalue weighted by atomic mass is 14.9. The Labute approximate surface area is 101 Å². The van der Waals surface area contributed by atoms with Gasteiger partial charge < -0.3 is 5.32 Å². The number of nitriles is 1. The third-order valence-electron chi connectivity index (χ3n) is 3.80. The summed E-state index contributed by atoms with van der Waals surface area (Å²) in [6.45, 7) is 2.25. The summed E-state index contributed by atoms with van der Waals surface area (Å²) in [6.07, 6.45) is 8.24. The summed E-state index contributed by atoms with van der Waals surface area (Å²) in [5.41, 5.74) is 3.14. The van der Waals surface area contributed by atoms with Gasteiger partial charge in [0.1, 0.15) is 6.07 Å². The Morgan fingerprint density at radius 3 is 3.18 bits per heavy atom. The quantitative estimate of drug-likeness (QED) is 0.795. The molecule has 2 aliphatic rings. The third-order valence-corrected chi connectivity index (χ3v) is 3.80. The summed E-state index contributed by atoms with van der Waals surface area (Å²) in [4.78, 5) is 4.14. The molecule has 3 heteroatoms. The highest BCUT2D eigenvalue weighted by Crippen LogP contribution is 2.38. The van der Waals surface area contributed by atoms with Crippen molar-refractivity contribution in [3.63, 3.8) is 0 Å². The number of piperidine rings is 1. The molecular formula is C14H15N3. The SMILES string of the molecule is N#Cc1cncc(C2=CC3CCNCC3C2)c1. The van der Waals surface area contributed by atoms with Crippen LogP contribution < -0.4 is 5.32 Å². The summed E-state index contributed by atoms with van der Waals surface area (Å²) in [6, 6.07) is 4.10. The van der Waals surface area contributed by atoms with Crippen molar-refractivity contribution < 1.29 is 0 Å². The summed E-state index contributed by atoms with van der Waals surface area (Å²) in [5.74, 6) is 1.46. The summed E-state index contributed by atoms with van der Waals surface area (Å²) in [7, 11) is 0. The number of aromatic nitrogens is 1. The number of nitrogens with one attached hydrogen (secondary N) is 1. The van der Waals surface area contributed by atoms with Crippen molar-refractivity contribution in [3.8, 4) is 6.07 Å². The zero-order valence-corrected chi connectivity index (χ0v) is 9.69. The molecule has 1 aliphatic heterocycles. The highest BCUT2D eigenvalue weighted by molar-refractivity contribution is 5.68. The van der Waals surface area contributed by atoms with Crippen LogP contribution in [0.1, 0.15) is 24.0 Å². The molecule has 0 spiro atoms. The molecule has 0 amide bonds. The minimum Gasteiger partial charge on any atom is -0.316 e. The highest BCUT2D eigenvalue weighted by Gasteiger charge is 2.30. The van der Waals surface area contributed by atoms with Gasteiger partial charge in [-0.2, -0.15) is 5.26 Å². The molecular weight excluding hydrogens is 210 g/mol. The molecule has 0 saturated carbocycles. The lowest BCUT2D eigenvalue weighted by Gasteiger charge is -2.25. The van der Waals surface area contributed by atoms with Gasteiger partial charge in [-0.1, -0.05) is 6.08 Å². The largest absolute Gasteiger partial charge is 0.316 e. The van der Waals surface area contributed by atoms with E-state index in [1.807, 2.05) is 12.3 Å². The van der Waals surface area contributed by atoms with Crippen LogP contribution in [0.5, 0.6) is 0 Å². The number of hydrogen-bond donors (Lipinski definition) is 1. The molecule has 3 rings (SSSR count). The van der Waals surface area contributed by atoms with Gasteiger partial charge in [-0.05, 0) is 55.0 Å². The predicted molar refractivity (Wildman–Crippen MR) is 66.0 cm³/mol. The van der Waals surface area contributed by atoms with Crippen LogP contribution in [0.15, 0.2) is 24.5 Å². The van der Waals surface area contributed by atoms with E-state index in [0.29, 0.717) is 5.56 Å². The molecule has 1 aromatic heterocycles. The standard InChI is InChI=1S/C14H15N3/c15-6-10-3-13(9-17-7-10)12-4-11-1-2-16-8-14(11)5-12/h3-4,7,9,11,14,16H,1-2,5,8H2. The fraction of sp³-hybridized carbons (Fsp3) is 0.429. The van der Waals surface area contributed by atoms with Crippen molar-refractivity contribution in [2.75, 3.05) is 13.1 Å². The van der Waals surface area contributed by atoms with E-state index in [0.717, 1.165) is 36.9 Å². The first-order chi connectivity index (χ1) is 8.36. The van der Waals surface area contributed by atoms with Crippen molar-refractivity contribution in [2.45, 2.75) is 12.8 Å². The minimum atomic E-state index is 0.649. The molecule has 1 fully saturated rings. The average molecular weight is 225 g/mol. The van der Waals surface area contributed by atoms with Gasteiger partial charge in [-0.25, -0.2) is 0 Å². The minimum absolute atomic E-state index is 0.649. The third kappa shape index (κ3) is 1.96. The lowest BCUT2D eigenvalue weighted by molar-refractivity contribution is 0.324. The van der Waals surface area contributed by atoms with E-state index >= 15 is 0 Å². The van der Waals surface area contributed by atoms with Crippen LogP contribution in [-0.4, -0.2) is 18.1 Å². The Hall–Kier alpha value is -1.66. The van der Waals surface area contributed by atoms with Crippen molar-refractivity contribution in [3.05, 3.63) is 35.7 Å². The van der Waals surface area contributed by atoms with Crippen LogP contribution in [0.4, 0.5) is 0 Å². The van der Waals surface area contributed by atoms with Gasteiger partial charge in [-0.15, -0.1) is 0 Å². The fourth-order valence-electron chi connectivity index (χ4n) is 2.89. The lowest BCUT2D eigenvalue weighted by Crippen LogP contribution is -2.33. The van der Waals surface area contributed by atoms with E-state index in [-0.39, 0.29) is 0 Å². The Morgan fingerprint density at radius 1 is 1.41 bits per heavy atom. The van der Waals surface area contributed by atoms with Crippen LogP contribution in [0.2, 0.25) is 0 Å². The number of rotatable bonds is 1. The molecule has 17 heavy (non-hydrogen) atoms. The zero-order chi connectivity index (χ0) is 11.7. The smallest absolute Gasteiger partial charge is 0.101 e. The van der Waals surface area contributed by atoms with E-state index in [9.17, 15) is 0 Å². The Kier molecular flexibility index (Phi) is 2.66. The molecule has 1 aromatic rings. The first-order valence-corrected chi connectivity index (χ1v) is 6.14. The second kappa shape index (κ2) is 4.31. The number of hydrogen-bond acceptors (Lipinski definition) is 3. The van der Waals surface area contributed by atoms with Crippen LogP contribution >= 0.6 is 0 Å². The van der Waals surface area contributed by atoms with Crippen molar-refractivity contribution in [2.24, 2.45) is 11.8 Å². The number of pyridine rings is 1. The van der Waals surface area contributed by atoms with Crippen LogP contribution in [-0.2, 0) is 0 Å². The predicted octanol–water partition coefficient (Wildman–Crippen LogP) is 1.97. The average Bonchev–Trinajstić information content (AvgIpc) is 2.82. The van der Waals surface area contributed by atoms with E-state index in [1.165, 1.54) is 12.0 Å². The summed E-state index contributed by atoms with van der Waals surface area (Å²) < 4.78 is 0. The maximum absolute atomic E-state index is 8.89. The van der Waals surface area contributed by atoms with Crippen molar-refractivity contribution in [1.29, 1.82) is 5.26 Å². The van der Waals surface area contributed by atoms with Crippen LogP contribution in [0.3, 0.4) is 0 Å². The molecule has 1 aliphatic carbocycles. The fourth-order valence-corrected chi connectivity index (χ4v) is 2.89. The Balaban J connectivity index is 1.87. The molecule has 2 unspecified atom stereocenters. The van der Waals surface area contributed by atoms with Gasteiger partial charge in [0, 0.05) is 12.4 Å². The summed E-state index contributed by atoms with van der Waals surface area (Å²) in [5, 5.41) is 12.3. The molecule has 2 heterocycles. The van der Waals surface area contributed by atoms with E-state index < -0.39 is 0 Å². The molecule has 1 N–H and O–H groups in total. The van der Waals surface area contributed by atoms with E-state index in [2.05, 4.69) is 22.4 Å². The molecule has 0 bridgehead atoms. The Bertz CT molecular complexity index is 498. The first kappa shape index (κ1) is 10.5. The van der Waals surface area contributed by atoms with Crippen molar-refractivity contribution >= 4 is 5.57 Å². The topological polar surface area (TPSA) is 48.7 Å². The zero-order valence-electron chi connectivity index (χ0n) is 9.69. The van der Waals surface area contributed by atoms with Crippen LogP contribution in [0, 0.1) is 23.2 Å². The molecule has 2 atom stereocenters. The van der Waals surface area contributed by atoms with Crippen molar-refractivity contribution in [1.82, 2.24) is 10.3 Å². The maximum atomic E-state index is 8.89. The molecule has 0 radical (unpaired) electrons. The second-order valence-electron chi connectivity index (χ2n) is 4.89. The maximum Gasteiger partial charge on any atom is 0.101 e. The van der Waals surface area contributed by atoms with Gasteiger partial charge in [0.25, 0.3) is 0 Å². The molecule has 86 valence electrons. The molecule has 0 aromatic carbocycles. The molecule has 3 nitrogen and oxygen atoms in total. The molecule has 1 saturated heterocycles. The number of nitrogens with zero attached hydrogens (tertiary/aromatic N) is 2. The van der Waals surface area contributed by atoms with Gasteiger partial charge in [0.15, 0.2) is 0 Å². The number of fused-ring (bicyclic) bond motifs is 1. The van der Waals surface area contributed by atoms with Gasteiger partial charge in [-0.3, -0.25) is 4.98 Å². The number of allylic oxidation sites excluding steroid dienone is 2. The van der Waals surface area contributed by atoms with Gasteiger partial charge in [0.05, 0.1) is 5.56 Å². The van der Waals surface area contributed by atoms with E-state index in [1.54, 1.807) is 6.20 Å². The van der Waals surface area contributed by atoms with Crippen LogP contribution in [0.25, 0.3) is 5.57 Å².